The van der Waals surface area contributed by atoms with E-state index in [1.54, 1.807) is 6.07 Å². The standard InChI is InChI=1S/C15H16ClN3/c1-10(11-5-3-2-4-6-11)17-14-9-13(16)18-15(19-14)12-7-8-12/h2-6,9-10,12H,7-8H2,1H3,(H,17,18,19). The molecule has 98 valence electrons. The van der Waals surface area contributed by atoms with Gasteiger partial charge < -0.3 is 5.32 Å². The summed E-state index contributed by atoms with van der Waals surface area (Å²) in [7, 11) is 0. The summed E-state index contributed by atoms with van der Waals surface area (Å²) in [6, 6.07) is 12.3. The second kappa shape index (κ2) is 5.17. The van der Waals surface area contributed by atoms with Crippen molar-refractivity contribution in [3.05, 3.63) is 52.9 Å². The van der Waals surface area contributed by atoms with Crippen molar-refractivity contribution in [2.24, 2.45) is 0 Å². The molecule has 1 fully saturated rings. The molecule has 2 aromatic rings. The van der Waals surface area contributed by atoms with Gasteiger partial charge in [-0.2, -0.15) is 0 Å². The van der Waals surface area contributed by atoms with E-state index in [-0.39, 0.29) is 6.04 Å². The van der Waals surface area contributed by atoms with Crippen molar-refractivity contribution in [1.29, 1.82) is 0 Å². The third-order valence-corrected chi connectivity index (χ3v) is 3.51. The van der Waals surface area contributed by atoms with Gasteiger partial charge in [-0.3, -0.25) is 0 Å². The molecule has 1 saturated carbocycles. The van der Waals surface area contributed by atoms with Gasteiger partial charge in [-0.1, -0.05) is 41.9 Å². The highest BCUT2D eigenvalue weighted by Gasteiger charge is 2.27. The van der Waals surface area contributed by atoms with Crippen LogP contribution in [0.15, 0.2) is 36.4 Å². The molecule has 1 aliphatic rings. The van der Waals surface area contributed by atoms with Crippen molar-refractivity contribution in [3.8, 4) is 0 Å². The van der Waals surface area contributed by atoms with Crippen LogP contribution in [0, 0.1) is 0 Å². The molecule has 3 nitrogen and oxygen atoms in total. The Morgan fingerprint density at radius 1 is 1.21 bits per heavy atom. The third-order valence-electron chi connectivity index (χ3n) is 3.32. The molecule has 4 heteroatoms. The van der Waals surface area contributed by atoms with E-state index in [9.17, 15) is 0 Å². The van der Waals surface area contributed by atoms with Gasteiger partial charge in [0.1, 0.15) is 16.8 Å². The molecule has 1 aliphatic carbocycles. The van der Waals surface area contributed by atoms with Crippen LogP contribution in [0.25, 0.3) is 0 Å². The van der Waals surface area contributed by atoms with Crippen LogP contribution in [0.3, 0.4) is 0 Å². The second-order valence-corrected chi connectivity index (χ2v) is 5.37. The quantitative estimate of drug-likeness (QED) is 0.849. The SMILES string of the molecule is CC(Nc1cc(Cl)nc(C2CC2)n1)c1ccccc1. The van der Waals surface area contributed by atoms with E-state index in [0.717, 1.165) is 11.6 Å². The summed E-state index contributed by atoms with van der Waals surface area (Å²) in [4.78, 5) is 8.84. The molecule has 1 heterocycles. The Balaban J connectivity index is 1.79. The summed E-state index contributed by atoms with van der Waals surface area (Å²) < 4.78 is 0. The third kappa shape index (κ3) is 3.04. The van der Waals surface area contributed by atoms with Gasteiger partial charge in [0.05, 0.1) is 0 Å². The van der Waals surface area contributed by atoms with Crippen LogP contribution in [0.1, 0.15) is 43.1 Å². The van der Waals surface area contributed by atoms with Crippen LogP contribution < -0.4 is 5.32 Å². The van der Waals surface area contributed by atoms with Gasteiger partial charge in [-0.05, 0) is 25.3 Å². The highest BCUT2D eigenvalue weighted by Crippen LogP contribution is 2.39. The zero-order valence-corrected chi connectivity index (χ0v) is 11.6. The van der Waals surface area contributed by atoms with Gasteiger partial charge in [0.2, 0.25) is 0 Å². The summed E-state index contributed by atoms with van der Waals surface area (Å²) >= 11 is 6.06. The lowest BCUT2D eigenvalue weighted by Crippen LogP contribution is -2.09. The Hall–Kier alpha value is -1.61. The molecular weight excluding hydrogens is 258 g/mol. The van der Waals surface area contributed by atoms with Crippen molar-refractivity contribution in [2.45, 2.75) is 31.7 Å². The maximum absolute atomic E-state index is 6.06. The second-order valence-electron chi connectivity index (χ2n) is 4.99. The van der Waals surface area contributed by atoms with Gasteiger partial charge >= 0.3 is 0 Å². The zero-order valence-electron chi connectivity index (χ0n) is 10.8. The Kier molecular flexibility index (Phi) is 3.38. The van der Waals surface area contributed by atoms with E-state index in [4.69, 9.17) is 11.6 Å². The van der Waals surface area contributed by atoms with Crippen molar-refractivity contribution >= 4 is 17.4 Å². The Bertz CT molecular complexity index is 567. The minimum Gasteiger partial charge on any atom is -0.363 e. The van der Waals surface area contributed by atoms with Crippen LogP contribution >= 0.6 is 11.6 Å². The van der Waals surface area contributed by atoms with Gasteiger partial charge in [-0.25, -0.2) is 9.97 Å². The van der Waals surface area contributed by atoms with E-state index in [1.165, 1.54) is 18.4 Å². The smallest absolute Gasteiger partial charge is 0.135 e. The van der Waals surface area contributed by atoms with Crippen molar-refractivity contribution in [3.63, 3.8) is 0 Å². The first-order chi connectivity index (χ1) is 9.22. The lowest BCUT2D eigenvalue weighted by molar-refractivity contribution is 0.854. The first kappa shape index (κ1) is 12.4. The average molecular weight is 274 g/mol. The molecule has 1 aromatic heterocycles. The molecule has 1 N–H and O–H groups in total. The summed E-state index contributed by atoms with van der Waals surface area (Å²) in [5.74, 6) is 2.18. The normalized spacial score (nSPS) is 16.1. The number of hydrogen-bond donors (Lipinski definition) is 1. The topological polar surface area (TPSA) is 37.8 Å². The molecule has 3 rings (SSSR count). The lowest BCUT2D eigenvalue weighted by Gasteiger charge is -2.15. The van der Waals surface area contributed by atoms with Crippen LogP contribution in [0.2, 0.25) is 5.15 Å². The maximum atomic E-state index is 6.06. The molecule has 0 aliphatic heterocycles. The summed E-state index contributed by atoms with van der Waals surface area (Å²) in [5, 5.41) is 3.90. The Morgan fingerprint density at radius 2 is 1.95 bits per heavy atom. The first-order valence-corrected chi connectivity index (χ1v) is 6.96. The minimum atomic E-state index is 0.194. The number of nitrogens with zero attached hydrogens (tertiary/aromatic N) is 2. The molecule has 0 bridgehead atoms. The van der Waals surface area contributed by atoms with Gasteiger partial charge in [-0.15, -0.1) is 0 Å². The maximum Gasteiger partial charge on any atom is 0.135 e. The average Bonchev–Trinajstić information content (AvgIpc) is 3.23. The summed E-state index contributed by atoms with van der Waals surface area (Å²) in [6.07, 6.45) is 2.35. The van der Waals surface area contributed by atoms with E-state index in [2.05, 4.69) is 34.3 Å². The molecule has 1 atom stereocenters. The van der Waals surface area contributed by atoms with E-state index in [0.29, 0.717) is 11.1 Å². The van der Waals surface area contributed by atoms with E-state index >= 15 is 0 Å². The van der Waals surface area contributed by atoms with Gasteiger partial charge in [0, 0.05) is 18.0 Å². The summed E-state index contributed by atoms with van der Waals surface area (Å²) in [5.41, 5.74) is 1.23. The molecule has 0 radical (unpaired) electrons. The largest absolute Gasteiger partial charge is 0.363 e. The minimum absolute atomic E-state index is 0.194. The van der Waals surface area contributed by atoms with Crippen LogP contribution in [0.4, 0.5) is 5.82 Å². The molecule has 0 amide bonds. The Morgan fingerprint density at radius 3 is 2.63 bits per heavy atom. The van der Waals surface area contributed by atoms with E-state index < -0.39 is 0 Å². The predicted molar refractivity (Wildman–Crippen MR) is 77.5 cm³/mol. The number of hydrogen-bond acceptors (Lipinski definition) is 3. The van der Waals surface area contributed by atoms with Crippen LogP contribution in [-0.2, 0) is 0 Å². The number of anilines is 1. The molecular formula is C15H16ClN3. The predicted octanol–water partition coefficient (Wildman–Crippen LogP) is 4.18. The van der Waals surface area contributed by atoms with Crippen molar-refractivity contribution < 1.29 is 0 Å². The number of nitrogens with one attached hydrogen (secondary N) is 1. The van der Waals surface area contributed by atoms with Gasteiger partial charge in [0.15, 0.2) is 0 Å². The summed E-state index contributed by atoms with van der Waals surface area (Å²) in [6.45, 7) is 2.11. The molecule has 0 spiro atoms. The fourth-order valence-electron chi connectivity index (χ4n) is 2.08. The molecule has 0 saturated heterocycles. The molecule has 19 heavy (non-hydrogen) atoms. The van der Waals surface area contributed by atoms with Crippen molar-refractivity contribution in [1.82, 2.24) is 9.97 Å². The van der Waals surface area contributed by atoms with Crippen molar-refractivity contribution in [2.75, 3.05) is 5.32 Å². The molecule has 1 aromatic carbocycles. The number of rotatable bonds is 4. The number of benzene rings is 1. The lowest BCUT2D eigenvalue weighted by atomic mass is 10.1. The first-order valence-electron chi connectivity index (χ1n) is 6.58. The molecule has 1 unspecified atom stereocenters. The fourth-order valence-corrected chi connectivity index (χ4v) is 2.27. The Labute approximate surface area is 118 Å². The van der Waals surface area contributed by atoms with Gasteiger partial charge in [0.25, 0.3) is 0 Å². The zero-order chi connectivity index (χ0) is 13.2. The fraction of sp³-hybridized carbons (Fsp3) is 0.333. The number of halogens is 1. The monoisotopic (exact) mass is 273 g/mol. The van der Waals surface area contributed by atoms with Crippen LogP contribution in [-0.4, -0.2) is 9.97 Å². The number of aromatic nitrogens is 2. The van der Waals surface area contributed by atoms with E-state index in [1.807, 2.05) is 18.2 Å². The highest BCUT2D eigenvalue weighted by molar-refractivity contribution is 6.29. The highest BCUT2D eigenvalue weighted by atomic mass is 35.5. The van der Waals surface area contributed by atoms with Crippen LogP contribution in [0.5, 0.6) is 0 Å².